The summed E-state index contributed by atoms with van der Waals surface area (Å²) in [4.78, 5) is 29.0. The summed E-state index contributed by atoms with van der Waals surface area (Å²) >= 11 is 0. The molecule has 6 heteroatoms. The Morgan fingerprint density at radius 1 is 0.913 bits per heavy atom. The SMILES string of the molecule is O=C(O)c1cccc(-c2cccnc2)c1C(=O)O.c1cc[nH]c1. The van der Waals surface area contributed by atoms with Crippen molar-refractivity contribution in [2.24, 2.45) is 0 Å². The van der Waals surface area contributed by atoms with E-state index in [1.54, 1.807) is 24.4 Å². The average Bonchev–Trinajstić information content (AvgIpc) is 3.14. The van der Waals surface area contributed by atoms with Crippen molar-refractivity contribution in [3.63, 3.8) is 0 Å². The molecule has 0 aliphatic carbocycles. The van der Waals surface area contributed by atoms with E-state index in [1.165, 1.54) is 18.3 Å². The van der Waals surface area contributed by atoms with E-state index in [1.807, 2.05) is 24.5 Å². The van der Waals surface area contributed by atoms with E-state index in [-0.39, 0.29) is 11.1 Å². The van der Waals surface area contributed by atoms with Gasteiger partial charge in [0.1, 0.15) is 0 Å². The molecule has 0 bridgehead atoms. The van der Waals surface area contributed by atoms with Crippen LogP contribution in [0, 0.1) is 0 Å². The van der Waals surface area contributed by atoms with Gasteiger partial charge >= 0.3 is 11.9 Å². The van der Waals surface area contributed by atoms with Crippen molar-refractivity contribution in [3.8, 4) is 11.1 Å². The molecular weight excluding hydrogens is 296 g/mol. The molecule has 0 spiro atoms. The number of aromatic amines is 1. The number of aromatic nitrogens is 2. The first kappa shape index (κ1) is 16.0. The lowest BCUT2D eigenvalue weighted by Gasteiger charge is -2.08. The zero-order valence-electron chi connectivity index (χ0n) is 12.0. The van der Waals surface area contributed by atoms with E-state index in [0.29, 0.717) is 11.1 Å². The summed E-state index contributed by atoms with van der Waals surface area (Å²) in [6.07, 6.45) is 6.80. The molecule has 0 unspecified atom stereocenters. The number of hydrogen-bond acceptors (Lipinski definition) is 3. The minimum absolute atomic E-state index is 0.224. The molecule has 0 atom stereocenters. The summed E-state index contributed by atoms with van der Waals surface area (Å²) in [6, 6.07) is 11.6. The molecule has 0 radical (unpaired) electrons. The van der Waals surface area contributed by atoms with Crippen molar-refractivity contribution in [3.05, 3.63) is 78.4 Å². The van der Waals surface area contributed by atoms with Crippen LogP contribution in [0.2, 0.25) is 0 Å². The van der Waals surface area contributed by atoms with Crippen molar-refractivity contribution >= 4 is 11.9 Å². The Morgan fingerprint density at radius 3 is 2.13 bits per heavy atom. The molecule has 0 amide bonds. The molecule has 6 nitrogen and oxygen atoms in total. The van der Waals surface area contributed by atoms with Crippen molar-refractivity contribution in [1.82, 2.24) is 9.97 Å². The smallest absolute Gasteiger partial charge is 0.337 e. The van der Waals surface area contributed by atoms with Gasteiger partial charge in [0.2, 0.25) is 0 Å². The van der Waals surface area contributed by atoms with Gasteiger partial charge in [-0.15, -0.1) is 0 Å². The maximum atomic E-state index is 11.2. The van der Waals surface area contributed by atoms with Crippen molar-refractivity contribution < 1.29 is 19.8 Å². The number of hydrogen-bond donors (Lipinski definition) is 3. The highest BCUT2D eigenvalue weighted by atomic mass is 16.4. The number of H-pyrrole nitrogens is 1. The number of nitrogens with zero attached hydrogens (tertiary/aromatic N) is 1. The Bertz CT molecular complexity index is 766. The molecule has 3 rings (SSSR count). The Kier molecular flexibility index (Phi) is 5.25. The third kappa shape index (κ3) is 4.04. The summed E-state index contributed by atoms with van der Waals surface area (Å²) in [5, 5.41) is 18.2. The summed E-state index contributed by atoms with van der Waals surface area (Å²) in [5.41, 5.74) is 0.454. The van der Waals surface area contributed by atoms with Crippen molar-refractivity contribution in [1.29, 1.82) is 0 Å². The quantitative estimate of drug-likeness (QED) is 0.689. The molecule has 0 fully saturated rings. The van der Waals surface area contributed by atoms with Crippen LogP contribution in [0.1, 0.15) is 20.7 Å². The fourth-order valence-corrected chi connectivity index (χ4v) is 2.00. The van der Waals surface area contributed by atoms with Crippen LogP contribution >= 0.6 is 0 Å². The molecule has 2 aromatic heterocycles. The minimum Gasteiger partial charge on any atom is -0.478 e. The Balaban J connectivity index is 0.000000326. The molecule has 3 aromatic rings. The van der Waals surface area contributed by atoms with Gasteiger partial charge in [0.15, 0.2) is 0 Å². The van der Waals surface area contributed by atoms with Gasteiger partial charge in [0.05, 0.1) is 11.1 Å². The first-order valence-corrected chi connectivity index (χ1v) is 6.69. The maximum absolute atomic E-state index is 11.2. The first-order chi connectivity index (χ1) is 11.1. The van der Waals surface area contributed by atoms with Crippen molar-refractivity contribution in [2.75, 3.05) is 0 Å². The van der Waals surface area contributed by atoms with Gasteiger partial charge < -0.3 is 15.2 Å². The highest BCUT2D eigenvalue weighted by molar-refractivity contribution is 6.06. The maximum Gasteiger partial charge on any atom is 0.337 e. The number of nitrogens with one attached hydrogen (secondary N) is 1. The minimum atomic E-state index is -1.27. The zero-order chi connectivity index (χ0) is 16.7. The summed E-state index contributed by atoms with van der Waals surface area (Å²) in [6.45, 7) is 0. The Morgan fingerprint density at radius 2 is 1.65 bits per heavy atom. The van der Waals surface area contributed by atoms with E-state index in [0.717, 1.165) is 0 Å². The number of aromatic carboxylic acids is 2. The third-order valence-corrected chi connectivity index (χ3v) is 2.98. The van der Waals surface area contributed by atoms with Crippen LogP contribution in [0.15, 0.2) is 67.3 Å². The fourth-order valence-electron chi connectivity index (χ4n) is 2.00. The van der Waals surface area contributed by atoms with Gasteiger partial charge in [0.25, 0.3) is 0 Å². The predicted molar refractivity (Wildman–Crippen MR) is 84.4 cm³/mol. The molecular formula is C17H14N2O4. The van der Waals surface area contributed by atoms with Gasteiger partial charge in [-0.05, 0) is 29.8 Å². The average molecular weight is 310 g/mol. The number of rotatable bonds is 3. The first-order valence-electron chi connectivity index (χ1n) is 6.69. The number of carbonyl (C=O) groups is 2. The monoisotopic (exact) mass is 310 g/mol. The van der Waals surface area contributed by atoms with Gasteiger partial charge in [-0.3, -0.25) is 4.98 Å². The van der Waals surface area contributed by atoms with E-state index >= 15 is 0 Å². The number of pyridine rings is 1. The zero-order valence-corrected chi connectivity index (χ0v) is 12.0. The van der Waals surface area contributed by atoms with Gasteiger partial charge in [-0.1, -0.05) is 18.2 Å². The van der Waals surface area contributed by atoms with Crippen molar-refractivity contribution in [2.45, 2.75) is 0 Å². The third-order valence-electron chi connectivity index (χ3n) is 2.98. The number of carboxylic acid groups (broad SMARTS) is 2. The number of benzene rings is 1. The fraction of sp³-hybridized carbons (Fsp3) is 0. The normalized spacial score (nSPS) is 9.57. The van der Waals surface area contributed by atoms with Gasteiger partial charge in [-0.2, -0.15) is 0 Å². The molecule has 1 aromatic carbocycles. The van der Waals surface area contributed by atoms with Crippen LogP contribution in [0.3, 0.4) is 0 Å². The molecule has 0 aliphatic rings. The van der Waals surface area contributed by atoms with E-state index in [9.17, 15) is 14.7 Å². The topological polar surface area (TPSA) is 103 Å². The standard InChI is InChI=1S/C13H9NO4.C4H5N/c15-12(16)10-5-1-4-9(11(10)13(17)18)8-3-2-6-14-7-8;1-2-4-5-3-1/h1-7H,(H,15,16)(H,17,18);1-5H. The van der Waals surface area contributed by atoms with Crippen LogP contribution in [-0.2, 0) is 0 Å². The van der Waals surface area contributed by atoms with Crippen LogP contribution < -0.4 is 0 Å². The lowest BCUT2D eigenvalue weighted by molar-refractivity contribution is 0.0652. The lowest BCUT2D eigenvalue weighted by atomic mass is 9.96. The highest BCUT2D eigenvalue weighted by Gasteiger charge is 2.20. The molecule has 116 valence electrons. The predicted octanol–water partition coefficient (Wildman–Crippen LogP) is 3.16. The van der Waals surface area contributed by atoms with Crippen LogP contribution in [-0.4, -0.2) is 32.1 Å². The molecule has 0 aliphatic heterocycles. The Labute approximate surface area is 132 Å². The van der Waals surface area contributed by atoms with E-state index < -0.39 is 11.9 Å². The molecule has 0 saturated carbocycles. The second kappa shape index (κ2) is 7.56. The molecule has 2 heterocycles. The second-order valence-electron chi connectivity index (χ2n) is 4.47. The van der Waals surface area contributed by atoms with Gasteiger partial charge in [-0.25, -0.2) is 9.59 Å². The largest absolute Gasteiger partial charge is 0.478 e. The molecule has 0 saturated heterocycles. The number of carboxylic acids is 2. The molecule has 3 N–H and O–H groups in total. The molecule has 23 heavy (non-hydrogen) atoms. The van der Waals surface area contributed by atoms with Gasteiger partial charge in [0, 0.05) is 30.4 Å². The Hall–Kier alpha value is -3.41. The van der Waals surface area contributed by atoms with Crippen LogP contribution in [0.5, 0.6) is 0 Å². The van der Waals surface area contributed by atoms with Crippen LogP contribution in [0.25, 0.3) is 11.1 Å². The van der Waals surface area contributed by atoms with E-state index in [4.69, 9.17) is 5.11 Å². The summed E-state index contributed by atoms with van der Waals surface area (Å²) < 4.78 is 0. The summed E-state index contributed by atoms with van der Waals surface area (Å²) in [5.74, 6) is -2.54. The van der Waals surface area contributed by atoms with Crippen LogP contribution in [0.4, 0.5) is 0 Å². The van der Waals surface area contributed by atoms with E-state index in [2.05, 4.69) is 9.97 Å². The highest BCUT2D eigenvalue weighted by Crippen LogP contribution is 2.25. The summed E-state index contributed by atoms with van der Waals surface area (Å²) in [7, 11) is 0. The lowest BCUT2D eigenvalue weighted by Crippen LogP contribution is -2.09. The second-order valence-corrected chi connectivity index (χ2v) is 4.47.